The number of anilines is 1. The third-order valence-electron chi connectivity index (χ3n) is 4.64. The van der Waals surface area contributed by atoms with Gasteiger partial charge in [0.1, 0.15) is 0 Å². The van der Waals surface area contributed by atoms with Crippen molar-refractivity contribution in [3.63, 3.8) is 0 Å². The summed E-state index contributed by atoms with van der Waals surface area (Å²) in [5.74, 6) is 0.212. The molecule has 1 saturated carbocycles. The van der Waals surface area contributed by atoms with Crippen LogP contribution in [-0.4, -0.2) is 29.9 Å². The Labute approximate surface area is 126 Å². The van der Waals surface area contributed by atoms with Crippen LogP contribution in [0.5, 0.6) is 0 Å². The summed E-state index contributed by atoms with van der Waals surface area (Å²) in [6.45, 7) is 3.37. The second-order valence-electron chi connectivity index (χ2n) is 6.44. The van der Waals surface area contributed by atoms with Crippen molar-refractivity contribution in [2.45, 2.75) is 44.7 Å². The van der Waals surface area contributed by atoms with Crippen molar-refractivity contribution in [2.75, 3.05) is 18.4 Å². The highest BCUT2D eigenvalue weighted by Gasteiger charge is 2.27. The second-order valence-corrected chi connectivity index (χ2v) is 6.44. The van der Waals surface area contributed by atoms with Gasteiger partial charge in [-0.1, -0.05) is 12.1 Å². The number of amides is 1. The molecule has 1 aliphatic heterocycles. The standard InChI is InChI=1S/C17H25N3O/c18-15-7-6-14(11-15)17(21)19-16-5-3-4-13(10-16)12-20-8-1-2-9-20/h3-5,10,14-15H,1-2,6-9,11-12,18H2,(H,19,21). The quantitative estimate of drug-likeness (QED) is 0.893. The van der Waals surface area contributed by atoms with E-state index >= 15 is 0 Å². The fourth-order valence-electron chi connectivity index (χ4n) is 3.45. The highest BCUT2D eigenvalue weighted by molar-refractivity contribution is 5.92. The average Bonchev–Trinajstić information content (AvgIpc) is 3.11. The summed E-state index contributed by atoms with van der Waals surface area (Å²) < 4.78 is 0. The lowest BCUT2D eigenvalue weighted by Gasteiger charge is -2.16. The molecule has 4 nitrogen and oxygen atoms in total. The minimum absolute atomic E-state index is 0.0854. The Bertz CT molecular complexity index is 497. The van der Waals surface area contributed by atoms with E-state index in [1.165, 1.54) is 31.5 Å². The van der Waals surface area contributed by atoms with Crippen molar-refractivity contribution in [3.05, 3.63) is 29.8 Å². The highest BCUT2D eigenvalue weighted by Crippen LogP contribution is 2.25. The topological polar surface area (TPSA) is 58.4 Å². The molecule has 1 amide bonds. The number of nitrogens with zero attached hydrogens (tertiary/aromatic N) is 1. The van der Waals surface area contributed by atoms with Crippen LogP contribution in [0.1, 0.15) is 37.7 Å². The summed E-state index contributed by atoms with van der Waals surface area (Å²) in [5.41, 5.74) is 8.08. The molecule has 2 unspecified atom stereocenters. The molecular formula is C17H25N3O. The van der Waals surface area contributed by atoms with Crippen molar-refractivity contribution >= 4 is 11.6 Å². The average molecular weight is 287 g/mol. The molecule has 0 radical (unpaired) electrons. The van der Waals surface area contributed by atoms with Gasteiger partial charge in [-0.2, -0.15) is 0 Å². The van der Waals surface area contributed by atoms with Gasteiger partial charge in [0.25, 0.3) is 0 Å². The van der Waals surface area contributed by atoms with E-state index in [9.17, 15) is 4.79 Å². The lowest BCUT2D eigenvalue weighted by Crippen LogP contribution is -2.23. The SMILES string of the molecule is NC1CCC(C(=O)Nc2cccc(CN3CCCC3)c2)C1. The van der Waals surface area contributed by atoms with Crippen LogP contribution < -0.4 is 11.1 Å². The van der Waals surface area contributed by atoms with Gasteiger partial charge in [0, 0.05) is 24.2 Å². The first kappa shape index (κ1) is 14.5. The van der Waals surface area contributed by atoms with Gasteiger partial charge in [-0.15, -0.1) is 0 Å². The summed E-state index contributed by atoms with van der Waals surface area (Å²) in [5, 5.41) is 3.06. The van der Waals surface area contributed by atoms with Gasteiger partial charge in [0.2, 0.25) is 5.91 Å². The van der Waals surface area contributed by atoms with Crippen molar-refractivity contribution < 1.29 is 4.79 Å². The van der Waals surface area contributed by atoms with Crippen molar-refractivity contribution in [1.82, 2.24) is 4.90 Å². The zero-order chi connectivity index (χ0) is 14.7. The number of benzene rings is 1. The molecule has 2 atom stereocenters. The van der Waals surface area contributed by atoms with Crippen LogP contribution in [0.25, 0.3) is 0 Å². The van der Waals surface area contributed by atoms with Crippen molar-refractivity contribution in [3.8, 4) is 0 Å². The Morgan fingerprint density at radius 1 is 1.29 bits per heavy atom. The number of hydrogen-bond donors (Lipinski definition) is 2. The summed E-state index contributed by atoms with van der Waals surface area (Å²) in [4.78, 5) is 14.7. The first-order valence-corrected chi connectivity index (χ1v) is 8.08. The molecular weight excluding hydrogens is 262 g/mol. The molecule has 114 valence electrons. The number of carbonyl (C=O) groups excluding carboxylic acids is 1. The Kier molecular flexibility index (Phi) is 4.56. The van der Waals surface area contributed by atoms with Gasteiger partial charge in [-0.25, -0.2) is 0 Å². The van der Waals surface area contributed by atoms with E-state index in [0.717, 1.165) is 31.5 Å². The van der Waals surface area contributed by atoms with Gasteiger partial charge < -0.3 is 11.1 Å². The first-order chi connectivity index (χ1) is 10.2. The molecule has 1 aromatic carbocycles. The highest BCUT2D eigenvalue weighted by atomic mass is 16.1. The molecule has 2 fully saturated rings. The lowest BCUT2D eigenvalue weighted by atomic mass is 10.1. The van der Waals surface area contributed by atoms with Gasteiger partial charge >= 0.3 is 0 Å². The molecule has 0 spiro atoms. The molecule has 0 aromatic heterocycles. The zero-order valence-corrected chi connectivity index (χ0v) is 12.6. The van der Waals surface area contributed by atoms with Crippen LogP contribution in [0.15, 0.2) is 24.3 Å². The molecule has 1 heterocycles. The van der Waals surface area contributed by atoms with E-state index in [2.05, 4.69) is 22.3 Å². The summed E-state index contributed by atoms with van der Waals surface area (Å²) >= 11 is 0. The van der Waals surface area contributed by atoms with Crippen LogP contribution in [-0.2, 0) is 11.3 Å². The number of carbonyl (C=O) groups is 1. The normalized spacial score (nSPS) is 26.1. The molecule has 0 bridgehead atoms. The first-order valence-electron chi connectivity index (χ1n) is 8.08. The number of hydrogen-bond acceptors (Lipinski definition) is 3. The third kappa shape index (κ3) is 3.83. The monoisotopic (exact) mass is 287 g/mol. The van der Waals surface area contributed by atoms with Gasteiger partial charge in [0.15, 0.2) is 0 Å². The Morgan fingerprint density at radius 3 is 2.81 bits per heavy atom. The van der Waals surface area contributed by atoms with Crippen molar-refractivity contribution in [2.24, 2.45) is 11.7 Å². The predicted octanol–water partition coefficient (Wildman–Crippen LogP) is 2.35. The summed E-state index contributed by atoms with van der Waals surface area (Å²) in [6, 6.07) is 8.44. The van der Waals surface area contributed by atoms with Gasteiger partial charge in [-0.05, 0) is 62.9 Å². The molecule has 1 saturated heterocycles. The maximum atomic E-state index is 12.2. The van der Waals surface area contributed by atoms with E-state index in [1.54, 1.807) is 0 Å². The fraction of sp³-hybridized carbons (Fsp3) is 0.588. The van der Waals surface area contributed by atoms with Crippen LogP contribution in [0.3, 0.4) is 0 Å². The number of likely N-dealkylation sites (tertiary alicyclic amines) is 1. The van der Waals surface area contributed by atoms with Gasteiger partial charge in [-0.3, -0.25) is 9.69 Å². The van der Waals surface area contributed by atoms with Crippen LogP contribution in [0.4, 0.5) is 5.69 Å². The third-order valence-corrected chi connectivity index (χ3v) is 4.64. The Balaban J connectivity index is 1.58. The molecule has 2 aliphatic rings. The van der Waals surface area contributed by atoms with E-state index in [1.807, 2.05) is 12.1 Å². The lowest BCUT2D eigenvalue weighted by molar-refractivity contribution is -0.119. The maximum absolute atomic E-state index is 12.2. The molecule has 3 N–H and O–H groups in total. The van der Waals surface area contributed by atoms with E-state index in [0.29, 0.717) is 0 Å². The molecule has 4 heteroatoms. The predicted molar refractivity (Wildman–Crippen MR) is 84.9 cm³/mol. The minimum atomic E-state index is 0.0854. The van der Waals surface area contributed by atoms with Crippen molar-refractivity contribution in [1.29, 1.82) is 0 Å². The van der Waals surface area contributed by atoms with Gasteiger partial charge in [0.05, 0.1) is 0 Å². The fourth-order valence-corrected chi connectivity index (χ4v) is 3.45. The Morgan fingerprint density at radius 2 is 2.10 bits per heavy atom. The van der Waals surface area contributed by atoms with E-state index in [-0.39, 0.29) is 17.9 Å². The second kappa shape index (κ2) is 6.58. The molecule has 1 aromatic rings. The number of rotatable bonds is 4. The smallest absolute Gasteiger partial charge is 0.227 e. The Hall–Kier alpha value is -1.39. The minimum Gasteiger partial charge on any atom is -0.328 e. The summed E-state index contributed by atoms with van der Waals surface area (Å²) in [6.07, 6.45) is 5.31. The largest absolute Gasteiger partial charge is 0.328 e. The zero-order valence-electron chi connectivity index (χ0n) is 12.6. The van der Waals surface area contributed by atoms with Crippen LogP contribution in [0.2, 0.25) is 0 Å². The van der Waals surface area contributed by atoms with Crippen LogP contribution in [0, 0.1) is 5.92 Å². The van der Waals surface area contributed by atoms with E-state index < -0.39 is 0 Å². The van der Waals surface area contributed by atoms with Crippen LogP contribution >= 0.6 is 0 Å². The number of nitrogens with two attached hydrogens (primary N) is 1. The summed E-state index contributed by atoms with van der Waals surface area (Å²) in [7, 11) is 0. The molecule has 1 aliphatic carbocycles. The number of nitrogens with one attached hydrogen (secondary N) is 1. The van der Waals surface area contributed by atoms with E-state index in [4.69, 9.17) is 5.73 Å². The molecule has 3 rings (SSSR count). The molecule has 21 heavy (non-hydrogen) atoms. The maximum Gasteiger partial charge on any atom is 0.227 e.